The van der Waals surface area contributed by atoms with Gasteiger partial charge < -0.3 is 10.3 Å². The predicted molar refractivity (Wildman–Crippen MR) is 58.2 cm³/mol. The van der Waals surface area contributed by atoms with Gasteiger partial charge in [-0.25, -0.2) is 0 Å². The van der Waals surface area contributed by atoms with Crippen LogP contribution in [0.15, 0.2) is 4.52 Å². The molecule has 4 nitrogen and oxygen atoms in total. The zero-order valence-corrected chi connectivity index (χ0v) is 9.51. The van der Waals surface area contributed by atoms with Crippen LogP contribution in [0.1, 0.15) is 37.9 Å². The first kappa shape index (κ1) is 11.5. The molecule has 0 unspecified atom stereocenters. The Hall–Kier alpha value is -0.550. The SMILES string of the molecule is CC(C)c1noc(CSCCCN)n1. The van der Waals surface area contributed by atoms with E-state index in [1.54, 1.807) is 11.8 Å². The molecule has 0 spiro atoms. The molecule has 0 aliphatic carbocycles. The van der Waals surface area contributed by atoms with Crippen LogP contribution in [0.25, 0.3) is 0 Å². The van der Waals surface area contributed by atoms with Crippen LogP contribution in [0.3, 0.4) is 0 Å². The van der Waals surface area contributed by atoms with E-state index < -0.39 is 0 Å². The molecule has 14 heavy (non-hydrogen) atoms. The van der Waals surface area contributed by atoms with Crippen molar-refractivity contribution in [3.63, 3.8) is 0 Å². The zero-order valence-electron chi connectivity index (χ0n) is 8.69. The van der Waals surface area contributed by atoms with E-state index in [1.165, 1.54) is 0 Å². The van der Waals surface area contributed by atoms with Crippen molar-refractivity contribution in [1.29, 1.82) is 0 Å². The molecule has 0 aliphatic rings. The van der Waals surface area contributed by atoms with E-state index in [9.17, 15) is 0 Å². The molecule has 0 atom stereocenters. The lowest BCUT2D eigenvalue weighted by Crippen LogP contribution is -1.99. The number of thioether (sulfide) groups is 1. The number of rotatable bonds is 6. The molecule has 0 saturated carbocycles. The lowest BCUT2D eigenvalue weighted by Gasteiger charge is -1.95. The van der Waals surface area contributed by atoms with Crippen molar-refractivity contribution < 1.29 is 4.52 Å². The summed E-state index contributed by atoms with van der Waals surface area (Å²) < 4.78 is 5.09. The van der Waals surface area contributed by atoms with Crippen LogP contribution in [0, 0.1) is 0 Å². The average Bonchev–Trinajstić information content (AvgIpc) is 2.61. The fourth-order valence-electron chi connectivity index (χ4n) is 0.906. The summed E-state index contributed by atoms with van der Waals surface area (Å²) in [4.78, 5) is 4.28. The first-order chi connectivity index (χ1) is 6.74. The number of nitrogens with zero attached hydrogens (tertiary/aromatic N) is 2. The molecular weight excluding hydrogens is 198 g/mol. The molecule has 0 radical (unpaired) electrons. The van der Waals surface area contributed by atoms with Gasteiger partial charge in [0.1, 0.15) is 0 Å². The summed E-state index contributed by atoms with van der Waals surface area (Å²) in [7, 11) is 0. The Labute approximate surface area is 88.6 Å². The van der Waals surface area contributed by atoms with E-state index in [2.05, 4.69) is 24.0 Å². The molecule has 1 aromatic rings. The standard InChI is InChI=1S/C9H17N3OS/c1-7(2)9-11-8(13-12-9)6-14-5-3-4-10/h7H,3-6,10H2,1-2H3. The van der Waals surface area contributed by atoms with E-state index in [0.717, 1.165) is 36.2 Å². The highest BCUT2D eigenvalue weighted by Crippen LogP contribution is 2.14. The van der Waals surface area contributed by atoms with Crippen molar-refractivity contribution in [2.45, 2.75) is 31.9 Å². The molecular formula is C9H17N3OS. The minimum atomic E-state index is 0.335. The lowest BCUT2D eigenvalue weighted by molar-refractivity contribution is 0.383. The molecule has 0 aliphatic heterocycles. The van der Waals surface area contributed by atoms with Gasteiger partial charge in [-0.1, -0.05) is 19.0 Å². The third kappa shape index (κ3) is 3.67. The van der Waals surface area contributed by atoms with Gasteiger partial charge in [0.25, 0.3) is 0 Å². The molecule has 1 rings (SSSR count). The zero-order chi connectivity index (χ0) is 10.4. The monoisotopic (exact) mass is 215 g/mol. The Morgan fingerprint density at radius 3 is 2.86 bits per heavy atom. The van der Waals surface area contributed by atoms with Gasteiger partial charge in [0.15, 0.2) is 5.82 Å². The van der Waals surface area contributed by atoms with Gasteiger partial charge in [-0.15, -0.1) is 0 Å². The van der Waals surface area contributed by atoms with Gasteiger partial charge in [-0.2, -0.15) is 16.7 Å². The summed E-state index contributed by atoms with van der Waals surface area (Å²) in [5.41, 5.74) is 5.39. The van der Waals surface area contributed by atoms with E-state index in [4.69, 9.17) is 10.3 Å². The normalized spacial score (nSPS) is 11.1. The molecule has 0 fully saturated rings. The van der Waals surface area contributed by atoms with Gasteiger partial charge in [0.2, 0.25) is 5.89 Å². The molecule has 0 saturated heterocycles. The van der Waals surface area contributed by atoms with Crippen molar-refractivity contribution in [2.75, 3.05) is 12.3 Å². The maximum Gasteiger partial charge on any atom is 0.236 e. The second kappa shape index (κ2) is 6.03. The Balaban J connectivity index is 2.29. The molecule has 0 bridgehead atoms. The van der Waals surface area contributed by atoms with Crippen molar-refractivity contribution in [1.82, 2.24) is 10.1 Å². The molecule has 80 valence electrons. The van der Waals surface area contributed by atoms with Crippen molar-refractivity contribution in [2.24, 2.45) is 5.73 Å². The van der Waals surface area contributed by atoms with Gasteiger partial charge >= 0.3 is 0 Å². The Kier molecular flexibility index (Phi) is 4.97. The summed E-state index contributed by atoms with van der Waals surface area (Å²) in [6.07, 6.45) is 1.04. The molecule has 0 aromatic carbocycles. The fraction of sp³-hybridized carbons (Fsp3) is 0.778. The lowest BCUT2D eigenvalue weighted by atomic mass is 10.2. The van der Waals surface area contributed by atoms with Gasteiger partial charge in [-0.05, 0) is 18.7 Å². The molecule has 0 amide bonds. The van der Waals surface area contributed by atoms with Crippen LogP contribution in [-0.2, 0) is 5.75 Å². The van der Waals surface area contributed by atoms with Gasteiger partial charge in [-0.3, -0.25) is 0 Å². The van der Waals surface area contributed by atoms with Gasteiger partial charge in [0, 0.05) is 5.92 Å². The summed E-state index contributed by atoms with van der Waals surface area (Å²) in [5, 5.41) is 3.89. The maximum atomic E-state index is 5.39. The van der Waals surface area contributed by atoms with Crippen LogP contribution in [0.4, 0.5) is 0 Å². The first-order valence-corrected chi connectivity index (χ1v) is 5.99. The number of aromatic nitrogens is 2. The quantitative estimate of drug-likeness (QED) is 0.733. The Morgan fingerprint density at radius 1 is 1.50 bits per heavy atom. The highest BCUT2D eigenvalue weighted by molar-refractivity contribution is 7.98. The Bertz CT molecular complexity index is 262. The molecule has 1 heterocycles. The highest BCUT2D eigenvalue weighted by atomic mass is 32.2. The van der Waals surface area contributed by atoms with Crippen molar-refractivity contribution >= 4 is 11.8 Å². The van der Waals surface area contributed by atoms with E-state index in [-0.39, 0.29) is 0 Å². The summed E-state index contributed by atoms with van der Waals surface area (Å²) >= 11 is 1.78. The second-order valence-electron chi connectivity index (χ2n) is 3.40. The van der Waals surface area contributed by atoms with E-state index in [1.807, 2.05) is 0 Å². The average molecular weight is 215 g/mol. The molecule has 2 N–H and O–H groups in total. The molecule has 1 aromatic heterocycles. The topological polar surface area (TPSA) is 64.9 Å². The second-order valence-corrected chi connectivity index (χ2v) is 4.50. The van der Waals surface area contributed by atoms with E-state index in [0.29, 0.717) is 5.92 Å². The first-order valence-electron chi connectivity index (χ1n) is 4.84. The summed E-state index contributed by atoms with van der Waals surface area (Å²) in [6, 6.07) is 0. The highest BCUT2D eigenvalue weighted by Gasteiger charge is 2.08. The minimum Gasteiger partial charge on any atom is -0.338 e. The number of nitrogens with two attached hydrogens (primary N) is 1. The van der Waals surface area contributed by atoms with Crippen LogP contribution < -0.4 is 5.73 Å². The molecule has 5 heteroatoms. The minimum absolute atomic E-state index is 0.335. The maximum absolute atomic E-state index is 5.39. The number of hydrogen-bond acceptors (Lipinski definition) is 5. The van der Waals surface area contributed by atoms with Crippen molar-refractivity contribution in [3.05, 3.63) is 11.7 Å². The van der Waals surface area contributed by atoms with Gasteiger partial charge in [0.05, 0.1) is 5.75 Å². The van der Waals surface area contributed by atoms with E-state index >= 15 is 0 Å². The Morgan fingerprint density at radius 2 is 2.29 bits per heavy atom. The predicted octanol–water partition coefficient (Wildman–Crippen LogP) is 1.77. The van der Waals surface area contributed by atoms with Crippen LogP contribution in [0.2, 0.25) is 0 Å². The van der Waals surface area contributed by atoms with Crippen LogP contribution >= 0.6 is 11.8 Å². The summed E-state index contributed by atoms with van der Waals surface area (Å²) in [6.45, 7) is 4.85. The largest absolute Gasteiger partial charge is 0.338 e. The smallest absolute Gasteiger partial charge is 0.236 e. The fourth-order valence-corrected chi connectivity index (χ4v) is 1.71. The third-order valence-electron chi connectivity index (χ3n) is 1.72. The van der Waals surface area contributed by atoms with Crippen LogP contribution in [-0.4, -0.2) is 22.4 Å². The third-order valence-corrected chi connectivity index (χ3v) is 2.75. The van der Waals surface area contributed by atoms with Crippen molar-refractivity contribution in [3.8, 4) is 0 Å². The number of hydrogen-bond donors (Lipinski definition) is 1. The summed E-state index contributed by atoms with van der Waals surface area (Å²) in [5.74, 6) is 3.69. The van der Waals surface area contributed by atoms with Crippen LogP contribution in [0.5, 0.6) is 0 Å².